The second-order valence-corrected chi connectivity index (χ2v) is 5.83. The summed E-state index contributed by atoms with van der Waals surface area (Å²) in [5, 5.41) is 3.39. The molecule has 1 aromatic rings. The first kappa shape index (κ1) is 14.1. The van der Waals surface area contributed by atoms with Gasteiger partial charge in [-0.05, 0) is 56.9 Å². The largest absolute Gasteiger partial charge is 0.315 e. The Kier molecular flexibility index (Phi) is 4.25. The smallest absolute Gasteiger partial charge is 0.231 e. The summed E-state index contributed by atoms with van der Waals surface area (Å²) in [6.45, 7) is 7.11. The Hall–Kier alpha value is -1.35. The molecule has 19 heavy (non-hydrogen) atoms. The predicted octanol–water partition coefficient (Wildman–Crippen LogP) is 2.65. The zero-order valence-corrected chi connectivity index (χ0v) is 12.4. The van der Waals surface area contributed by atoms with Crippen molar-refractivity contribution in [2.75, 3.05) is 18.5 Å². The Morgan fingerprint density at radius 3 is 2.37 bits per heavy atom. The van der Waals surface area contributed by atoms with Gasteiger partial charge < -0.3 is 10.2 Å². The molecule has 1 amide bonds. The van der Waals surface area contributed by atoms with E-state index < -0.39 is 0 Å². The molecule has 1 fully saturated rings. The molecule has 0 bridgehead atoms. The molecule has 104 valence electrons. The molecule has 0 saturated carbocycles. The predicted molar refractivity (Wildman–Crippen MR) is 79.5 cm³/mol. The summed E-state index contributed by atoms with van der Waals surface area (Å²) in [6, 6.07) is 6.81. The Balaban J connectivity index is 2.10. The molecule has 2 unspecified atom stereocenters. The van der Waals surface area contributed by atoms with Crippen LogP contribution in [-0.2, 0) is 4.79 Å². The number of rotatable bonds is 2. The van der Waals surface area contributed by atoms with E-state index in [1.54, 1.807) is 0 Å². The van der Waals surface area contributed by atoms with Crippen molar-refractivity contribution < 1.29 is 4.79 Å². The topological polar surface area (TPSA) is 32.3 Å². The maximum Gasteiger partial charge on any atom is 0.231 e. The fraction of sp³-hybridized carbons (Fsp3) is 0.562. The second-order valence-electron chi connectivity index (χ2n) is 5.83. The van der Waals surface area contributed by atoms with Gasteiger partial charge in [-0.3, -0.25) is 4.79 Å². The van der Waals surface area contributed by atoms with Crippen LogP contribution in [0.15, 0.2) is 18.2 Å². The number of hydrogen-bond acceptors (Lipinski definition) is 2. The maximum absolute atomic E-state index is 12.5. The molecule has 0 radical (unpaired) electrons. The third-order valence-corrected chi connectivity index (χ3v) is 3.93. The number of aryl methyl sites for hydroxylation is 2. The van der Waals surface area contributed by atoms with Gasteiger partial charge in [0.15, 0.2) is 0 Å². The molecular weight excluding hydrogens is 236 g/mol. The number of anilines is 1. The van der Waals surface area contributed by atoms with Gasteiger partial charge in [0.2, 0.25) is 5.91 Å². The molecule has 0 spiro atoms. The lowest BCUT2D eigenvalue weighted by molar-refractivity contribution is -0.122. The Morgan fingerprint density at radius 1 is 1.21 bits per heavy atom. The van der Waals surface area contributed by atoms with Crippen LogP contribution in [0.5, 0.6) is 0 Å². The molecule has 3 nitrogen and oxygen atoms in total. The highest BCUT2D eigenvalue weighted by molar-refractivity contribution is 5.94. The van der Waals surface area contributed by atoms with Crippen LogP contribution < -0.4 is 10.2 Å². The summed E-state index contributed by atoms with van der Waals surface area (Å²) in [5.41, 5.74) is 3.40. The molecule has 2 rings (SSSR count). The lowest BCUT2D eigenvalue weighted by atomic mass is 9.94. The number of hydrogen-bond donors (Lipinski definition) is 1. The molecule has 1 heterocycles. The van der Waals surface area contributed by atoms with Gasteiger partial charge in [-0.25, -0.2) is 0 Å². The van der Waals surface area contributed by atoms with E-state index >= 15 is 0 Å². The SMILES string of the molecule is Cc1cc(C)cc(N(C)C(=O)C2CCC(C)NC2)c1. The van der Waals surface area contributed by atoms with Crippen molar-refractivity contribution >= 4 is 11.6 Å². The van der Waals surface area contributed by atoms with Gasteiger partial charge in [0.05, 0.1) is 5.92 Å². The van der Waals surface area contributed by atoms with Crippen molar-refractivity contribution in [3.8, 4) is 0 Å². The van der Waals surface area contributed by atoms with Gasteiger partial charge >= 0.3 is 0 Å². The summed E-state index contributed by atoms with van der Waals surface area (Å²) in [7, 11) is 1.88. The van der Waals surface area contributed by atoms with Gasteiger partial charge in [-0.15, -0.1) is 0 Å². The molecule has 1 aromatic carbocycles. The number of benzene rings is 1. The van der Waals surface area contributed by atoms with Crippen LogP contribution >= 0.6 is 0 Å². The third-order valence-electron chi connectivity index (χ3n) is 3.93. The van der Waals surface area contributed by atoms with E-state index in [9.17, 15) is 4.79 Å². The first-order valence-corrected chi connectivity index (χ1v) is 7.06. The Bertz CT molecular complexity index is 442. The third kappa shape index (κ3) is 3.35. The molecule has 1 aliphatic heterocycles. The number of nitrogens with one attached hydrogen (secondary N) is 1. The van der Waals surface area contributed by atoms with E-state index in [2.05, 4.69) is 44.3 Å². The quantitative estimate of drug-likeness (QED) is 0.886. The van der Waals surface area contributed by atoms with Crippen molar-refractivity contribution in [3.05, 3.63) is 29.3 Å². The summed E-state index contributed by atoms with van der Waals surface area (Å²) in [5.74, 6) is 0.339. The summed E-state index contributed by atoms with van der Waals surface area (Å²) in [6.07, 6.45) is 2.07. The zero-order valence-electron chi connectivity index (χ0n) is 12.4. The lowest BCUT2D eigenvalue weighted by Gasteiger charge is -2.30. The summed E-state index contributed by atoms with van der Waals surface area (Å²) >= 11 is 0. The Labute approximate surface area is 116 Å². The molecule has 3 heteroatoms. The van der Waals surface area contributed by atoms with E-state index in [0.29, 0.717) is 6.04 Å². The molecule has 0 aliphatic carbocycles. The molecule has 1 aliphatic rings. The van der Waals surface area contributed by atoms with Crippen molar-refractivity contribution in [3.63, 3.8) is 0 Å². The van der Waals surface area contributed by atoms with Crippen LogP contribution in [0.1, 0.15) is 30.9 Å². The van der Waals surface area contributed by atoms with E-state index in [4.69, 9.17) is 0 Å². The van der Waals surface area contributed by atoms with Gasteiger partial charge in [-0.1, -0.05) is 6.07 Å². The molecular formula is C16H24N2O. The van der Waals surface area contributed by atoms with Gasteiger partial charge in [-0.2, -0.15) is 0 Å². The summed E-state index contributed by atoms with van der Waals surface area (Å²) in [4.78, 5) is 14.3. The molecule has 1 N–H and O–H groups in total. The number of carbonyl (C=O) groups excluding carboxylic acids is 1. The van der Waals surface area contributed by atoms with Crippen molar-refractivity contribution in [1.82, 2.24) is 5.32 Å². The van der Waals surface area contributed by atoms with Crippen LogP contribution in [-0.4, -0.2) is 25.5 Å². The Morgan fingerprint density at radius 2 is 1.84 bits per heavy atom. The average Bonchev–Trinajstić information content (AvgIpc) is 2.37. The summed E-state index contributed by atoms with van der Waals surface area (Å²) < 4.78 is 0. The maximum atomic E-state index is 12.5. The highest BCUT2D eigenvalue weighted by Crippen LogP contribution is 2.22. The minimum Gasteiger partial charge on any atom is -0.315 e. The second kappa shape index (κ2) is 5.74. The standard InChI is InChI=1S/C16H24N2O/c1-11-7-12(2)9-15(8-11)18(4)16(19)14-6-5-13(3)17-10-14/h7-9,13-14,17H,5-6,10H2,1-4H3. The minimum absolute atomic E-state index is 0.113. The normalized spacial score (nSPS) is 23.2. The zero-order chi connectivity index (χ0) is 14.0. The fourth-order valence-corrected chi connectivity index (χ4v) is 2.75. The fourth-order valence-electron chi connectivity index (χ4n) is 2.75. The van der Waals surface area contributed by atoms with Crippen LogP contribution in [0.25, 0.3) is 0 Å². The van der Waals surface area contributed by atoms with E-state index in [0.717, 1.165) is 25.1 Å². The van der Waals surface area contributed by atoms with Crippen molar-refractivity contribution in [2.24, 2.45) is 5.92 Å². The number of piperidine rings is 1. The van der Waals surface area contributed by atoms with Gasteiger partial charge in [0, 0.05) is 25.3 Å². The van der Waals surface area contributed by atoms with Crippen LogP contribution in [0, 0.1) is 19.8 Å². The van der Waals surface area contributed by atoms with Crippen LogP contribution in [0.3, 0.4) is 0 Å². The average molecular weight is 260 g/mol. The minimum atomic E-state index is 0.113. The van der Waals surface area contributed by atoms with Gasteiger partial charge in [0.25, 0.3) is 0 Å². The van der Waals surface area contributed by atoms with Crippen LogP contribution in [0.4, 0.5) is 5.69 Å². The van der Waals surface area contributed by atoms with E-state index in [1.165, 1.54) is 11.1 Å². The molecule has 0 aromatic heterocycles. The number of amides is 1. The van der Waals surface area contributed by atoms with E-state index in [-0.39, 0.29) is 11.8 Å². The lowest BCUT2D eigenvalue weighted by Crippen LogP contribution is -2.44. The van der Waals surface area contributed by atoms with E-state index in [1.807, 2.05) is 11.9 Å². The number of carbonyl (C=O) groups is 1. The monoisotopic (exact) mass is 260 g/mol. The van der Waals surface area contributed by atoms with Crippen molar-refractivity contribution in [2.45, 2.75) is 39.7 Å². The van der Waals surface area contributed by atoms with Gasteiger partial charge in [0.1, 0.15) is 0 Å². The highest BCUT2D eigenvalue weighted by Gasteiger charge is 2.26. The first-order valence-electron chi connectivity index (χ1n) is 7.06. The molecule has 2 atom stereocenters. The molecule has 1 saturated heterocycles. The highest BCUT2D eigenvalue weighted by atomic mass is 16.2. The van der Waals surface area contributed by atoms with Crippen LogP contribution in [0.2, 0.25) is 0 Å². The first-order chi connectivity index (χ1) is 8.97. The van der Waals surface area contributed by atoms with Crippen molar-refractivity contribution in [1.29, 1.82) is 0 Å². The number of nitrogens with zero attached hydrogens (tertiary/aromatic N) is 1.